The topological polar surface area (TPSA) is 34.4 Å². The van der Waals surface area contributed by atoms with E-state index in [2.05, 4.69) is 4.98 Å². The van der Waals surface area contributed by atoms with E-state index < -0.39 is 0 Å². The molecule has 3 heteroatoms. The van der Waals surface area contributed by atoms with Crippen molar-refractivity contribution in [2.45, 2.75) is 0 Å². The summed E-state index contributed by atoms with van der Waals surface area (Å²) in [5, 5.41) is 0. The third-order valence-electron chi connectivity index (χ3n) is 1.59. The molecule has 0 saturated heterocycles. The average Bonchev–Trinajstić information content (AvgIpc) is 2.50. The van der Waals surface area contributed by atoms with Crippen LogP contribution in [-0.2, 0) is 0 Å². The molecular formula is C8H7N2O+. The fourth-order valence-electron chi connectivity index (χ4n) is 1.07. The van der Waals surface area contributed by atoms with Gasteiger partial charge in [-0.3, -0.25) is 9.78 Å². The summed E-state index contributed by atoms with van der Waals surface area (Å²) in [6, 6.07) is 3.78. The van der Waals surface area contributed by atoms with Gasteiger partial charge in [0, 0.05) is 6.20 Å². The Morgan fingerprint density at radius 1 is 1.55 bits per heavy atom. The van der Waals surface area contributed by atoms with Crippen LogP contribution < -0.4 is 0 Å². The summed E-state index contributed by atoms with van der Waals surface area (Å²) >= 11 is 0. The van der Waals surface area contributed by atoms with Gasteiger partial charge in [0.05, 0.1) is 17.9 Å². The number of hydrogen-bond acceptors (Lipinski definition) is 2. The van der Waals surface area contributed by atoms with Gasteiger partial charge in [0.1, 0.15) is 5.69 Å². The zero-order valence-electron chi connectivity index (χ0n) is 6.77. The van der Waals surface area contributed by atoms with Crippen LogP contribution in [0, 0.1) is 0 Å². The average molecular weight is 147 g/mol. The second-order valence-electron chi connectivity index (χ2n) is 2.25. The summed E-state index contributed by atoms with van der Waals surface area (Å²) in [7, 11) is 0. The standard InChI is InChI=1S/C8H6N2O/c11-6-8-5-9-4-7-2-1-3-10(7)8/h1-6H/p+1. The lowest BCUT2D eigenvalue weighted by Gasteiger charge is -1.95. The fourth-order valence-corrected chi connectivity index (χ4v) is 1.07. The van der Waals surface area contributed by atoms with Gasteiger partial charge in [0.15, 0.2) is 6.29 Å². The number of rotatable bonds is 1. The first-order valence-corrected chi connectivity index (χ1v) is 3.28. The molecule has 54 valence electrons. The first-order chi connectivity index (χ1) is 5.42. The third kappa shape index (κ3) is 0.816. The van der Waals surface area contributed by atoms with Crippen LogP contribution in [0.1, 0.15) is 11.9 Å². The number of nitrogens with zero attached hydrogens (tertiary/aromatic N) is 2. The van der Waals surface area contributed by atoms with E-state index in [1.807, 2.05) is 18.3 Å². The van der Waals surface area contributed by atoms with E-state index in [-0.39, 0.29) is 1.43 Å². The van der Waals surface area contributed by atoms with Gasteiger partial charge in [-0.25, -0.2) is 0 Å². The van der Waals surface area contributed by atoms with E-state index in [9.17, 15) is 4.79 Å². The molecule has 2 aromatic heterocycles. The van der Waals surface area contributed by atoms with E-state index in [0.717, 1.165) is 11.8 Å². The Balaban J connectivity index is 0.000000720. The van der Waals surface area contributed by atoms with Crippen LogP contribution in [0.4, 0.5) is 0 Å². The zero-order valence-corrected chi connectivity index (χ0v) is 5.77. The van der Waals surface area contributed by atoms with Crippen LogP contribution >= 0.6 is 0 Å². The lowest BCUT2D eigenvalue weighted by atomic mass is 10.4. The number of carbonyl (C=O) groups is 1. The van der Waals surface area contributed by atoms with Gasteiger partial charge in [-0.2, -0.15) is 0 Å². The summed E-state index contributed by atoms with van der Waals surface area (Å²) in [4.78, 5) is 14.4. The van der Waals surface area contributed by atoms with Gasteiger partial charge >= 0.3 is 1.43 Å². The lowest BCUT2D eigenvalue weighted by Crippen LogP contribution is -1.93. The molecular weight excluding hydrogens is 140 g/mol. The summed E-state index contributed by atoms with van der Waals surface area (Å²) in [6.45, 7) is 0. The molecule has 0 spiro atoms. The SMILES string of the molecule is O=Cc1cncc2cccn12.[H+]. The third-order valence-corrected chi connectivity index (χ3v) is 1.59. The predicted molar refractivity (Wildman–Crippen MR) is 41.7 cm³/mol. The molecule has 0 radical (unpaired) electrons. The van der Waals surface area contributed by atoms with E-state index in [4.69, 9.17) is 0 Å². The van der Waals surface area contributed by atoms with Gasteiger partial charge in [-0.1, -0.05) is 0 Å². The van der Waals surface area contributed by atoms with Crippen molar-refractivity contribution in [2.75, 3.05) is 0 Å². The minimum absolute atomic E-state index is 0. The van der Waals surface area contributed by atoms with E-state index in [1.54, 1.807) is 16.8 Å². The van der Waals surface area contributed by atoms with Crippen molar-refractivity contribution >= 4 is 11.8 Å². The highest BCUT2D eigenvalue weighted by Crippen LogP contribution is 2.03. The number of aldehydes is 1. The highest BCUT2D eigenvalue weighted by Gasteiger charge is 1.96. The first kappa shape index (κ1) is 6.09. The monoisotopic (exact) mass is 147 g/mol. The Kier molecular flexibility index (Phi) is 1.22. The predicted octanol–water partition coefficient (Wildman–Crippen LogP) is 1.26. The zero-order chi connectivity index (χ0) is 7.68. The molecule has 0 bridgehead atoms. The molecule has 0 N–H and O–H groups in total. The summed E-state index contributed by atoms with van der Waals surface area (Å²) in [6.07, 6.45) is 5.88. The number of carbonyl (C=O) groups excluding carboxylic acids is 1. The maximum Gasteiger partial charge on any atom is 1.00 e. The molecule has 0 amide bonds. The van der Waals surface area contributed by atoms with Gasteiger partial charge in [-0.05, 0) is 12.1 Å². The molecule has 0 aliphatic rings. The van der Waals surface area contributed by atoms with Crippen molar-refractivity contribution in [2.24, 2.45) is 0 Å². The minimum atomic E-state index is 0. The molecule has 0 aliphatic heterocycles. The van der Waals surface area contributed by atoms with Gasteiger partial charge in [0.2, 0.25) is 0 Å². The number of fused-ring (bicyclic) bond motifs is 1. The molecule has 0 saturated carbocycles. The van der Waals surface area contributed by atoms with Crippen LogP contribution in [0.2, 0.25) is 0 Å². The molecule has 0 aliphatic carbocycles. The molecule has 0 aromatic carbocycles. The van der Waals surface area contributed by atoms with E-state index in [0.29, 0.717) is 5.69 Å². The highest BCUT2D eigenvalue weighted by molar-refractivity contribution is 5.73. The molecule has 2 rings (SSSR count). The maximum atomic E-state index is 10.5. The molecule has 2 aromatic rings. The highest BCUT2D eigenvalue weighted by atomic mass is 16.1. The minimum Gasteiger partial charge on any atom is -0.311 e. The van der Waals surface area contributed by atoms with Crippen molar-refractivity contribution in [3.05, 3.63) is 36.4 Å². The molecule has 2 heterocycles. The molecule has 0 fully saturated rings. The normalized spacial score (nSPS) is 10.2. The number of aromatic nitrogens is 2. The molecule has 0 atom stereocenters. The summed E-state index contributed by atoms with van der Waals surface area (Å²) in [5.41, 5.74) is 1.52. The quantitative estimate of drug-likeness (QED) is 0.569. The smallest absolute Gasteiger partial charge is 0.311 e. The van der Waals surface area contributed by atoms with Crippen molar-refractivity contribution in [1.29, 1.82) is 0 Å². The molecule has 3 nitrogen and oxygen atoms in total. The Hall–Kier alpha value is -1.64. The number of hydrogen-bond donors (Lipinski definition) is 0. The van der Waals surface area contributed by atoms with Crippen molar-refractivity contribution < 1.29 is 6.22 Å². The van der Waals surface area contributed by atoms with Crippen molar-refractivity contribution in [3.63, 3.8) is 0 Å². The fraction of sp³-hybridized carbons (Fsp3) is 0. The van der Waals surface area contributed by atoms with Crippen LogP contribution in [0.15, 0.2) is 30.7 Å². The Morgan fingerprint density at radius 3 is 3.27 bits per heavy atom. The van der Waals surface area contributed by atoms with Crippen molar-refractivity contribution in [1.82, 2.24) is 9.38 Å². The maximum absolute atomic E-state index is 10.5. The second kappa shape index (κ2) is 2.20. The van der Waals surface area contributed by atoms with Crippen LogP contribution in [0.3, 0.4) is 0 Å². The summed E-state index contributed by atoms with van der Waals surface area (Å²) < 4.78 is 1.79. The Morgan fingerprint density at radius 2 is 2.45 bits per heavy atom. The Labute approximate surface area is 64.8 Å². The van der Waals surface area contributed by atoms with Crippen molar-refractivity contribution in [3.8, 4) is 0 Å². The van der Waals surface area contributed by atoms with Crippen LogP contribution in [-0.4, -0.2) is 15.7 Å². The van der Waals surface area contributed by atoms with E-state index >= 15 is 0 Å². The largest absolute Gasteiger partial charge is 1.00 e. The van der Waals surface area contributed by atoms with Crippen LogP contribution in [0.5, 0.6) is 0 Å². The second-order valence-corrected chi connectivity index (χ2v) is 2.25. The summed E-state index contributed by atoms with van der Waals surface area (Å²) in [5.74, 6) is 0. The van der Waals surface area contributed by atoms with Gasteiger partial charge in [0.25, 0.3) is 0 Å². The Bertz CT molecular complexity index is 397. The van der Waals surface area contributed by atoms with Gasteiger partial charge < -0.3 is 4.40 Å². The lowest BCUT2D eigenvalue weighted by molar-refractivity contribution is 0.111. The van der Waals surface area contributed by atoms with E-state index in [1.165, 1.54) is 0 Å². The molecule has 11 heavy (non-hydrogen) atoms. The molecule has 0 unspecified atom stereocenters. The first-order valence-electron chi connectivity index (χ1n) is 3.28. The van der Waals surface area contributed by atoms with Gasteiger partial charge in [-0.15, -0.1) is 0 Å². The van der Waals surface area contributed by atoms with Crippen LogP contribution in [0.25, 0.3) is 5.52 Å².